The van der Waals surface area contributed by atoms with Crippen molar-refractivity contribution in [1.29, 1.82) is 0 Å². The van der Waals surface area contributed by atoms with Crippen molar-refractivity contribution in [3.63, 3.8) is 0 Å². The molecule has 0 atom stereocenters. The van der Waals surface area contributed by atoms with Gasteiger partial charge in [0.05, 0.1) is 6.61 Å². The highest BCUT2D eigenvalue weighted by Crippen LogP contribution is 1.89. The molecule has 0 aliphatic heterocycles. The van der Waals surface area contributed by atoms with Crippen molar-refractivity contribution in [2.24, 2.45) is 0 Å². The van der Waals surface area contributed by atoms with Crippen LogP contribution in [0.1, 0.15) is 13.3 Å². The third-order valence-corrected chi connectivity index (χ3v) is 1.93. The molecule has 0 unspecified atom stereocenters. The molecule has 0 radical (unpaired) electrons. The molecule has 0 fully saturated rings. The number of aliphatic carboxylic acids is 1. The van der Waals surface area contributed by atoms with Crippen molar-refractivity contribution in [2.45, 2.75) is 13.3 Å². The smallest absolute Gasteiger partial charge is 0.328 e. The van der Waals surface area contributed by atoms with Gasteiger partial charge in [0.1, 0.15) is 0 Å². The molecule has 0 aliphatic carbocycles. The van der Waals surface area contributed by atoms with E-state index in [9.17, 15) is 9.59 Å². The summed E-state index contributed by atoms with van der Waals surface area (Å²) in [6.45, 7) is 3.72. The molecule has 1 amide bonds. The molecule has 17 heavy (non-hydrogen) atoms. The summed E-state index contributed by atoms with van der Waals surface area (Å²) < 4.78 is 4.79. The quantitative estimate of drug-likeness (QED) is 0.385. The molecule has 0 rings (SSSR count). The topological polar surface area (TPSA) is 87.7 Å². The lowest BCUT2D eigenvalue weighted by atomic mass is 10.3. The van der Waals surface area contributed by atoms with Gasteiger partial charge in [0.15, 0.2) is 0 Å². The Labute approximate surface area is 101 Å². The number of rotatable bonds is 9. The lowest BCUT2D eigenvalue weighted by molar-refractivity contribution is -0.131. The average molecular weight is 244 g/mol. The number of carbonyl (C=O) groups is 2. The second-order valence-electron chi connectivity index (χ2n) is 3.60. The summed E-state index contributed by atoms with van der Waals surface area (Å²) in [4.78, 5) is 21.5. The van der Waals surface area contributed by atoms with Gasteiger partial charge in [0.2, 0.25) is 5.91 Å². The normalized spacial score (nSPS) is 11.3. The van der Waals surface area contributed by atoms with Crippen LogP contribution in [-0.4, -0.2) is 50.3 Å². The number of nitrogens with one attached hydrogen (secondary N) is 2. The fourth-order valence-corrected chi connectivity index (χ4v) is 1.13. The van der Waals surface area contributed by atoms with Gasteiger partial charge in [-0.05, 0) is 6.92 Å². The Balaban J connectivity index is 3.51. The summed E-state index contributed by atoms with van der Waals surface area (Å²) in [6.07, 6.45) is 1.51. The number of methoxy groups -OCH3 is 1. The van der Waals surface area contributed by atoms with Crippen LogP contribution in [-0.2, 0) is 14.3 Å². The first-order valence-corrected chi connectivity index (χ1v) is 5.42. The summed E-state index contributed by atoms with van der Waals surface area (Å²) >= 11 is 0. The van der Waals surface area contributed by atoms with Crippen LogP contribution in [0.3, 0.4) is 0 Å². The molecule has 0 aromatic heterocycles. The van der Waals surface area contributed by atoms with Crippen molar-refractivity contribution in [2.75, 3.05) is 33.4 Å². The Bertz CT molecular complexity index is 277. The summed E-state index contributed by atoms with van der Waals surface area (Å²) in [5.41, 5.74) is 0.720. The molecule has 0 spiro atoms. The zero-order valence-electron chi connectivity index (χ0n) is 10.3. The molecule has 0 saturated carbocycles. The molecule has 0 aromatic carbocycles. The lowest BCUT2D eigenvalue weighted by Crippen LogP contribution is -2.30. The first kappa shape index (κ1) is 15.6. The molecular formula is C11H20N2O4. The molecular weight excluding hydrogens is 224 g/mol. The molecule has 6 heteroatoms. The van der Waals surface area contributed by atoms with E-state index in [2.05, 4.69) is 10.6 Å². The van der Waals surface area contributed by atoms with Crippen molar-refractivity contribution in [3.8, 4) is 0 Å². The molecule has 0 heterocycles. The first-order valence-electron chi connectivity index (χ1n) is 5.42. The Morgan fingerprint density at radius 1 is 1.35 bits per heavy atom. The maximum atomic E-state index is 11.2. The molecule has 3 N–H and O–H groups in total. The number of ether oxygens (including phenoxy) is 1. The molecule has 98 valence electrons. The first-order chi connectivity index (χ1) is 8.06. The maximum absolute atomic E-state index is 11.2. The number of hydrogen-bond acceptors (Lipinski definition) is 4. The molecule has 0 aliphatic rings. The average Bonchev–Trinajstić information content (AvgIpc) is 2.24. The minimum atomic E-state index is -0.957. The summed E-state index contributed by atoms with van der Waals surface area (Å²) in [7, 11) is 1.57. The minimum absolute atomic E-state index is 0.0468. The van der Waals surface area contributed by atoms with E-state index in [4.69, 9.17) is 9.84 Å². The van der Waals surface area contributed by atoms with Gasteiger partial charge >= 0.3 is 5.97 Å². The highest BCUT2D eigenvalue weighted by molar-refractivity contribution is 5.80. The molecule has 0 bridgehead atoms. The van der Waals surface area contributed by atoms with Gasteiger partial charge in [-0.2, -0.15) is 0 Å². The van der Waals surface area contributed by atoms with Gasteiger partial charge in [-0.25, -0.2) is 4.79 Å². The van der Waals surface area contributed by atoms with E-state index in [0.717, 1.165) is 11.6 Å². The standard InChI is InChI=1S/C11H20N2O4/c1-9(7-11(15)16)8-12-4-3-10(14)13-5-6-17-2/h7,12H,3-6,8H2,1-2H3,(H,13,14)(H,15,16). The number of carboxylic acids is 1. The van der Waals surface area contributed by atoms with Crippen LogP contribution in [0, 0.1) is 0 Å². The van der Waals surface area contributed by atoms with E-state index in [1.807, 2.05) is 0 Å². The number of carboxylic acid groups (broad SMARTS) is 1. The second kappa shape index (κ2) is 9.80. The zero-order chi connectivity index (χ0) is 13.1. The zero-order valence-corrected chi connectivity index (χ0v) is 10.3. The fraction of sp³-hybridized carbons (Fsp3) is 0.636. The van der Waals surface area contributed by atoms with E-state index in [0.29, 0.717) is 32.7 Å². The minimum Gasteiger partial charge on any atom is -0.478 e. The molecule has 6 nitrogen and oxygen atoms in total. The van der Waals surface area contributed by atoms with Gasteiger partial charge in [-0.1, -0.05) is 5.57 Å². The summed E-state index contributed by atoms with van der Waals surface area (Å²) in [6, 6.07) is 0. The van der Waals surface area contributed by atoms with Crippen LogP contribution >= 0.6 is 0 Å². The van der Waals surface area contributed by atoms with Gasteiger partial charge in [-0.15, -0.1) is 0 Å². The van der Waals surface area contributed by atoms with Gasteiger partial charge in [-0.3, -0.25) is 4.79 Å². The predicted octanol–water partition coefficient (Wildman–Crippen LogP) is -0.240. The van der Waals surface area contributed by atoms with Crippen molar-refractivity contribution < 1.29 is 19.4 Å². The number of amides is 1. The Kier molecular flexibility index (Phi) is 8.99. The van der Waals surface area contributed by atoms with Crippen LogP contribution in [0.4, 0.5) is 0 Å². The Morgan fingerprint density at radius 2 is 2.06 bits per heavy atom. The highest BCUT2D eigenvalue weighted by Gasteiger charge is 2.00. The van der Waals surface area contributed by atoms with Crippen molar-refractivity contribution in [1.82, 2.24) is 10.6 Å². The molecule has 0 aromatic rings. The number of carbonyl (C=O) groups excluding carboxylic acids is 1. The highest BCUT2D eigenvalue weighted by atomic mass is 16.5. The third kappa shape index (κ3) is 10.9. The maximum Gasteiger partial charge on any atom is 0.328 e. The van der Waals surface area contributed by atoms with E-state index in [1.54, 1.807) is 14.0 Å². The van der Waals surface area contributed by atoms with Gasteiger partial charge < -0.3 is 20.5 Å². The van der Waals surface area contributed by atoms with Crippen LogP contribution in [0.2, 0.25) is 0 Å². The molecule has 0 saturated heterocycles. The SMILES string of the molecule is COCCNC(=O)CCNCC(C)=CC(=O)O. The van der Waals surface area contributed by atoms with Crippen molar-refractivity contribution in [3.05, 3.63) is 11.6 Å². The van der Waals surface area contributed by atoms with Gasteiger partial charge in [0.25, 0.3) is 0 Å². The number of hydrogen-bond donors (Lipinski definition) is 3. The van der Waals surface area contributed by atoms with E-state index in [1.165, 1.54) is 0 Å². The second-order valence-corrected chi connectivity index (χ2v) is 3.60. The van der Waals surface area contributed by atoms with E-state index >= 15 is 0 Å². The van der Waals surface area contributed by atoms with Crippen LogP contribution in [0.5, 0.6) is 0 Å². The van der Waals surface area contributed by atoms with E-state index < -0.39 is 5.97 Å². The van der Waals surface area contributed by atoms with Crippen LogP contribution in [0.15, 0.2) is 11.6 Å². The summed E-state index contributed by atoms with van der Waals surface area (Å²) in [5.74, 6) is -1.00. The Morgan fingerprint density at radius 3 is 2.65 bits per heavy atom. The third-order valence-electron chi connectivity index (χ3n) is 1.93. The van der Waals surface area contributed by atoms with Gasteiger partial charge in [0, 0.05) is 39.2 Å². The van der Waals surface area contributed by atoms with Crippen LogP contribution < -0.4 is 10.6 Å². The Hall–Kier alpha value is -1.40. The monoisotopic (exact) mass is 244 g/mol. The summed E-state index contributed by atoms with van der Waals surface area (Å²) in [5, 5.41) is 14.1. The largest absolute Gasteiger partial charge is 0.478 e. The predicted molar refractivity (Wildman–Crippen MR) is 63.8 cm³/mol. The lowest BCUT2D eigenvalue weighted by Gasteiger charge is -2.06. The van der Waals surface area contributed by atoms with Crippen LogP contribution in [0.25, 0.3) is 0 Å². The van der Waals surface area contributed by atoms with E-state index in [-0.39, 0.29) is 5.91 Å². The fourth-order valence-electron chi connectivity index (χ4n) is 1.13. The van der Waals surface area contributed by atoms with Crippen molar-refractivity contribution >= 4 is 11.9 Å².